The van der Waals surface area contributed by atoms with Gasteiger partial charge in [-0.05, 0) is 17.0 Å². The lowest BCUT2D eigenvalue weighted by atomic mass is 10.2. The fourth-order valence-electron chi connectivity index (χ4n) is 1.37. The topological polar surface area (TPSA) is 40.5 Å². The van der Waals surface area contributed by atoms with Crippen molar-refractivity contribution in [3.05, 3.63) is 29.8 Å². The van der Waals surface area contributed by atoms with Crippen LogP contribution in [-0.4, -0.2) is 30.8 Å². The van der Waals surface area contributed by atoms with Gasteiger partial charge in [-0.25, -0.2) is 4.79 Å². The quantitative estimate of drug-likeness (QED) is 0.802. The molecule has 0 aliphatic rings. The summed E-state index contributed by atoms with van der Waals surface area (Å²) in [5.74, 6) is 0.924. The van der Waals surface area contributed by atoms with Crippen LogP contribution < -0.4 is 4.90 Å². The van der Waals surface area contributed by atoms with Gasteiger partial charge in [-0.3, -0.25) is 4.90 Å². The van der Waals surface area contributed by atoms with Gasteiger partial charge in [0, 0.05) is 12.6 Å². The van der Waals surface area contributed by atoms with E-state index in [1.165, 1.54) is 4.90 Å². The number of anilines is 1. The molecule has 0 aliphatic carbocycles. The second-order valence-electron chi connectivity index (χ2n) is 3.60. The predicted octanol–water partition coefficient (Wildman–Crippen LogP) is 2.18. The summed E-state index contributed by atoms with van der Waals surface area (Å²) in [6, 6.07) is 7.64. The standard InChI is InChI=1S/C11H15NO2S/c1-12(11(13)14)10-7-5-4-6-9(10)8-15(2)3/h4-7H,8H2,1-3H3/p+1. The molecule has 4 heteroatoms. The number of nitrogens with zero attached hydrogens (tertiary/aromatic N) is 1. The van der Waals surface area contributed by atoms with Crippen LogP contribution in [0.1, 0.15) is 5.56 Å². The van der Waals surface area contributed by atoms with Crippen LogP contribution in [0.15, 0.2) is 24.3 Å². The first kappa shape index (κ1) is 11.9. The number of carbonyl (C=O) groups is 1. The molecule has 0 fully saturated rings. The van der Waals surface area contributed by atoms with E-state index in [-0.39, 0.29) is 10.9 Å². The highest BCUT2D eigenvalue weighted by Gasteiger charge is 2.15. The van der Waals surface area contributed by atoms with Gasteiger partial charge in [0.15, 0.2) is 0 Å². The lowest BCUT2D eigenvalue weighted by molar-refractivity contribution is 0.203. The lowest BCUT2D eigenvalue weighted by Gasteiger charge is -2.16. The van der Waals surface area contributed by atoms with Crippen molar-refractivity contribution in [2.75, 3.05) is 24.5 Å². The van der Waals surface area contributed by atoms with E-state index in [9.17, 15) is 4.79 Å². The molecule has 0 unspecified atom stereocenters. The molecular weight excluding hydrogens is 210 g/mol. The lowest BCUT2D eigenvalue weighted by Crippen LogP contribution is -2.25. The molecule has 1 rings (SSSR count). The van der Waals surface area contributed by atoms with E-state index >= 15 is 0 Å². The summed E-state index contributed by atoms with van der Waals surface area (Å²) in [4.78, 5) is 12.1. The van der Waals surface area contributed by atoms with Gasteiger partial charge >= 0.3 is 6.09 Å². The third-order valence-electron chi connectivity index (χ3n) is 2.08. The Hall–Kier alpha value is -1.16. The van der Waals surface area contributed by atoms with Crippen LogP contribution >= 0.6 is 0 Å². The summed E-state index contributed by atoms with van der Waals surface area (Å²) < 4.78 is 0. The van der Waals surface area contributed by atoms with Crippen LogP contribution in [0.2, 0.25) is 0 Å². The molecule has 1 N–H and O–H groups in total. The Bertz CT molecular complexity index is 352. The first-order valence-electron chi connectivity index (χ1n) is 4.61. The molecule has 0 heterocycles. The highest BCUT2D eigenvalue weighted by molar-refractivity contribution is 7.94. The zero-order chi connectivity index (χ0) is 11.4. The second kappa shape index (κ2) is 5.07. The molecule has 0 bridgehead atoms. The highest BCUT2D eigenvalue weighted by Crippen LogP contribution is 2.21. The van der Waals surface area contributed by atoms with Crippen molar-refractivity contribution in [2.45, 2.75) is 5.75 Å². The summed E-state index contributed by atoms with van der Waals surface area (Å²) in [5.41, 5.74) is 1.88. The van der Waals surface area contributed by atoms with Crippen molar-refractivity contribution in [1.82, 2.24) is 0 Å². The number of benzene rings is 1. The summed E-state index contributed by atoms with van der Waals surface area (Å²) >= 11 is 0. The zero-order valence-corrected chi connectivity index (χ0v) is 10.0. The average molecular weight is 226 g/mol. The van der Waals surface area contributed by atoms with E-state index < -0.39 is 6.09 Å². The normalized spacial score (nSPS) is 10.4. The molecule has 0 atom stereocenters. The first-order valence-corrected chi connectivity index (χ1v) is 6.82. The van der Waals surface area contributed by atoms with E-state index in [1.54, 1.807) is 7.05 Å². The minimum absolute atomic E-state index is 0.274. The van der Waals surface area contributed by atoms with Gasteiger partial charge in [0.1, 0.15) is 5.75 Å². The maximum absolute atomic E-state index is 10.9. The number of hydrogen-bond acceptors (Lipinski definition) is 1. The Morgan fingerprint density at radius 3 is 2.53 bits per heavy atom. The first-order chi connectivity index (χ1) is 7.02. The maximum atomic E-state index is 10.9. The number of carboxylic acid groups (broad SMARTS) is 1. The monoisotopic (exact) mass is 226 g/mol. The van der Waals surface area contributed by atoms with Gasteiger partial charge in [0.2, 0.25) is 0 Å². The van der Waals surface area contributed by atoms with E-state index in [0.717, 1.165) is 17.0 Å². The molecule has 1 aromatic rings. The van der Waals surface area contributed by atoms with E-state index in [2.05, 4.69) is 12.5 Å². The second-order valence-corrected chi connectivity index (χ2v) is 5.86. The Morgan fingerprint density at radius 2 is 2.00 bits per heavy atom. The molecule has 0 saturated carbocycles. The fourth-order valence-corrected chi connectivity index (χ4v) is 2.24. The molecule has 15 heavy (non-hydrogen) atoms. The van der Waals surface area contributed by atoms with Crippen LogP contribution in [0.5, 0.6) is 0 Å². The van der Waals surface area contributed by atoms with Crippen molar-refractivity contribution in [2.24, 2.45) is 0 Å². The van der Waals surface area contributed by atoms with Crippen LogP contribution in [0, 0.1) is 0 Å². The third-order valence-corrected chi connectivity index (χ3v) is 2.97. The van der Waals surface area contributed by atoms with Gasteiger partial charge in [0.05, 0.1) is 18.2 Å². The van der Waals surface area contributed by atoms with E-state index in [0.29, 0.717) is 0 Å². The van der Waals surface area contributed by atoms with Gasteiger partial charge in [-0.15, -0.1) is 0 Å². The predicted molar refractivity (Wildman–Crippen MR) is 65.8 cm³/mol. The van der Waals surface area contributed by atoms with Gasteiger partial charge in [-0.1, -0.05) is 18.2 Å². The number of amides is 1. The van der Waals surface area contributed by atoms with Crippen LogP contribution in [0.3, 0.4) is 0 Å². The molecule has 0 radical (unpaired) electrons. The molecule has 1 aromatic carbocycles. The highest BCUT2D eigenvalue weighted by atomic mass is 32.2. The van der Waals surface area contributed by atoms with Crippen molar-refractivity contribution < 1.29 is 9.90 Å². The summed E-state index contributed by atoms with van der Waals surface area (Å²) in [7, 11) is 1.85. The van der Waals surface area contributed by atoms with Gasteiger partial charge in [0.25, 0.3) is 0 Å². The van der Waals surface area contributed by atoms with Crippen LogP contribution in [-0.2, 0) is 16.6 Å². The van der Waals surface area contributed by atoms with Crippen LogP contribution in [0.25, 0.3) is 0 Å². The Morgan fingerprint density at radius 1 is 1.40 bits per heavy atom. The number of rotatable bonds is 3. The number of para-hydroxylation sites is 1. The Balaban J connectivity index is 3.00. The molecular formula is C11H16NO2S+. The molecule has 82 valence electrons. The van der Waals surface area contributed by atoms with Crippen molar-refractivity contribution in [1.29, 1.82) is 0 Å². The summed E-state index contributed by atoms with van der Waals surface area (Å²) in [6.07, 6.45) is 3.38. The Labute approximate surface area is 93.1 Å². The molecule has 0 aliphatic heterocycles. The molecule has 0 aromatic heterocycles. The molecule has 1 amide bonds. The summed E-state index contributed by atoms with van der Waals surface area (Å²) in [5, 5.41) is 8.92. The minimum Gasteiger partial charge on any atom is -0.465 e. The smallest absolute Gasteiger partial charge is 0.411 e. The Kier molecular flexibility index (Phi) is 4.03. The SMILES string of the molecule is CN(C(=O)O)c1ccccc1C[S+](C)C. The van der Waals surface area contributed by atoms with Gasteiger partial charge < -0.3 is 5.11 Å². The number of hydrogen-bond donors (Lipinski definition) is 1. The van der Waals surface area contributed by atoms with Gasteiger partial charge in [-0.2, -0.15) is 0 Å². The molecule has 3 nitrogen and oxygen atoms in total. The minimum atomic E-state index is -0.922. The molecule has 0 saturated heterocycles. The van der Waals surface area contributed by atoms with E-state index in [1.807, 2.05) is 24.3 Å². The summed E-state index contributed by atoms with van der Waals surface area (Å²) in [6.45, 7) is 0. The zero-order valence-electron chi connectivity index (χ0n) is 9.23. The van der Waals surface area contributed by atoms with E-state index in [4.69, 9.17) is 5.11 Å². The van der Waals surface area contributed by atoms with Crippen LogP contribution in [0.4, 0.5) is 10.5 Å². The fraction of sp³-hybridized carbons (Fsp3) is 0.364. The average Bonchev–Trinajstić information content (AvgIpc) is 2.16. The maximum Gasteiger partial charge on any atom is 0.411 e. The van der Waals surface area contributed by atoms with Crippen molar-refractivity contribution >= 4 is 22.7 Å². The van der Waals surface area contributed by atoms with Crippen molar-refractivity contribution in [3.63, 3.8) is 0 Å². The van der Waals surface area contributed by atoms with Crippen molar-refractivity contribution in [3.8, 4) is 0 Å². The third kappa shape index (κ3) is 3.16. The molecule has 0 spiro atoms. The largest absolute Gasteiger partial charge is 0.465 e.